The van der Waals surface area contributed by atoms with Gasteiger partial charge in [0, 0.05) is 43.4 Å². The molecule has 0 bridgehead atoms. The first-order valence-corrected chi connectivity index (χ1v) is 10.0. The van der Waals surface area contributed by atoms with Crippen LogP contribution in [-0.2, 0) is 4.79 Å². The highest BCUT2D eigenvalue weighted by atomic mass is 16.2. The number of likely N-dealkylation sites (N-methyl/N-ethyl adjacent to an activating group) is 1. The van der Waals surface area contributed by atoms with Gasteiger partial charge in [-0.3, -0.25) is 9.78 Å². The Labute approximate surface area is 166 Å². The van der Waals surface area contributed by atoms with E-state index >= 15 is 0 Å². The van der Waals surface area contributed by atoms with Gasteiger partial charge in [0.1, 0.15) is 6.07 Å². The second-order valence-electron chi connectivity index (χ2n) is 8.25. The van der Waals surface area contributed by atoms with Crippen molar-refractivity contribution < 1.29 is 4.79 Å². The van der Waals surface area contributed by atoms with Crippen molar-refractivity contribution >= 4 is 22.5 Å². The molecule has 4 rings (SSSR count). The van der Waals surface area contributed by atoms with E-state index in [1.165, 1.54) is 12.8 Å². The average molecular weight is 377 g/mol. The van der Waals surface area contributed by atoms with E-state index in [0.29, 0.717) is 23.9 Å². The maximum absolute atomic E-state index is 12.9. The summed E-state index contributed by atoms with van der Waals surface area (Å²) in [5.74, 6) is 1.27. The van der Waals surface area contributed by atoms with E-state index in [4.69, 9.17) is 0 Å². The second kappa shape index (κ2) is 7.76. The Kier molecular flexibility index (Phi) is 5.19. The third-order valence-electron chi connectivity index (χ3n) is 6.00. The van der Waals surface area contributed by atoms with Gasteiger partial charge in [0.2, 0.25) is 5.91 Å². The second-order valence-corrected chi connectivity index (χ2v) is 8.25. The highest BCUT2D eigenvalue weighted by molar-refractivity contribution is 5.95. The van der Waals surface area contributed by atoms with E-state index in [-0.39, 0.29) is 11.8 Å². The Hall–Kier alpha value is -2.65. The zero-order valence-corrected chi connectivity index (χ0v) is 16.6. The molecule has 1 saturated carbocycles. The molecule has 0 spiro atoms. The van der Waals surface area contributed by atoms with E-state index in [1.807, 2.05) is 38.4 Å². The number of nitrogens with zero attached hydrogens (tertiary/aromatic N) is 4. The zero-order valence-electron chi connectivity index (χ0n) is 16.6. The fourth-order valence-corrected chi connectivity index (χ4v) is 4.36. The average Bonchev–Trinajstić information content (AvgIpc) is 3.45. The lowest BCUT2D eigenvalue weighted by Crippen LogP contribution is -2.39. The third kappa shape index (κ3) is 3.67. The van der Waals surface area contributed by atoms with E-state index in [2.05, 4.69) is 26.2 Å². The van der Waals surface area contributed by atoms with Gasteiger partial charge in [-0.1, -0.05) is 0 Å². The largest absolute Gasteiger partial charge is 0.370 e. The lowest BCUT2D eigenvalue weighted by Gasteiger charge is -2.21. The molecule has 2 atom stereocenters. The van der Waals surface area contributed by atoms with E-state index in [9.17, 15) is 10.1 Å². The SMILES string of the molecule is CN(C)CCNC(=O)C1CN(c2ccc(C#N)c3ncccc23)CC1C1CC1. The molecule has 6 heteroatoms. The van der Waals surface area contributed by atoms with Crippen LogP contribution in [0.4, 0.5) is 5.69 Å². The van der Waals surface area contributed by atoms with Crippen LogP contribution in [0.15, 0.2) is 30.5 Å². The van der Waals surface area contributed by atoms with Crippen LogP contribution in [0.3, 0.4) is 0 Å². The molecule has 2 aromatic rings. The van der Waals surface area contributed by atoms with Crippen LogP contribution in [0, 0.1) is 29.1 Å². The molecule has 6 nitrogen and oxygen atoms in total. The molecule has 1 aliphatic heterocycles. The fraction of sp³-hybridized carbons (Fsp3) is 0.500. The number of pyridine rings is 1. The summed E-state index contributed by atoms with van der Waals surface area (Å²) in [4.78, 5) is 21.7. The highest BCUT2D eigenvalue weighted by Crippen LogP contribution is 2.45. The monoisotopic (exact) mass is 377 g/mol. The lowest BCUT2D eigenvalue weighted by molar-refractivity contribution is -0.125. The molecule has 1 aromatic carbocycles. The van der Waals surface area contributed by atoms with E-state index in [1.54, 1.807) is 6.20 Å². The van der Waals surface area contributed by atoms with Crippen LogP contribution in [0.5, 0.6) is 0 Å². The molecular weight excluding hydrogens is 350 g/mol. The lowest BCUT2D eigenvalue weighted by atomic mass is 9.91. The summed E-state index contributed by atoms with van der Waals surface area (Å²) >= 11 is 0. The maximum Gasteiger partial charge on any atom is 0.225 e. The number of anilines is 1. The highest BCUT2D eigenvalue weighted by Gasteiger charge is 2.45. The molecule has 2 fully saturated rings. The molecule has 1 N–H and O–H groups in total. The molecule has 2 heterocycles. The van der Waals surface area contributed by atoms with Crippen molar-refractivity contribution in [1.82, 2.24) is 15.2 Å². The summed E-state index contributed by atoms with van der Waals surface area (Å²) in [5, 5.41) is 13.5. The van der Waals surface area contributed by atoms with Crippen LogP contribution >= 0.6 is 0 Å². The minimum Gasteiger partial charge on any atom is -0.370 e. The van der Waals surface area contributed by atoms with Crippen molar-refractivity contribution in [2.45, 2.75) is 12.8 Å². The van der Waals surface area contributed by atoms with Gasteiger partial charge in [-0.25, -0.2) is 0 Å². The summed E-state index contributed by atoms with van der Waals surface area (Å²) in [6.07, 6.45) is 4.19. The Bertz CT molecular complexity index is 915. The van der Waals surface area contributed by atoms with Crippen molar-refractivity contribution in [3.63, 3.8) is 0 Å². The summed E-state index contributed by atoms with van der Waals surface area (Å²) in [7, 11) is 4.03. The summed E-state index contributed by atoms with van der Waals surface area (Å²) in [5.41, 5.74) is 2.41. The van der Waals surface area contributed by atoms with Gasteiger partial charge in [-0.05, 0) is 63.0 Å². The molecule has 146 valence electrons. The summed E-state index contributed by atoms with van der Waals surface area (Å²) in [6, 6.07) is 10.0. The Balaban J connectivity index is 1.58. The Morgan fingerprint density at radius 2 is 2.14 bits per heavy atom. The minimum atomic E-state index is 0.0250. The van der Waals surface area contributed by atoms with Crippen LogP contribution in [-0.4, -0.2) is 56.1 Å². The van der Waals surface area contributed by atoms with Crippen LogP contribution in [0.25, 0.3) is 10.9 Å². The van der Waals surface area contributed by atoms with Gasteiger partial charge in [0.05, 0.1) is 17.0 Å². The molecule has 1 aliphatic carbocycles. The first kappa shape index (κ1) is 18.7. The molecule has 1 saturated heterocycles. The number of rotatable bonds is 6. The van der Waals surface area contributed by atoms with Crippen LogP contribution < -0.4 is 10.2 Å². The van der Waals surface area contributed by atoms with Gasteiger partial charge >= 0.3 is 0 Å². The van der Waals surface area contributed by atoms with Crippen molar-refractivity contribution in [3.8, 4) is 6.07 Å². The van der Waals surface area contributed by atoms with Crippen molar-refractivity contribution in [2.24, 2.45) is 17.8 Å². The number of carbonyl (C=O) groups is 1. The number of carbonyl (C=O) groups excluding carboxylic acids is 1. The predicted octanol–water partition coefficient (Wildman–Crippen LogP) is 2.25. The van der Waals surface area contributed by atoms with Crippen LogP contribution in [0.1, 0.15) is 18.4 Å². The van der Waals surface area contributed by atoms with E-state index < -0.39 is 0 Å². The van der Waals surface area contributed by atoms with Gasteiger partial charge in [-0.2, -0.15) is 5.26 Å². The van der Waals surface area contributed by atoms with Crippen LogP contribution in [0.2, 0.25) is 0 Å². The topological polar surface area (TPSA) is 72.3 Å². The van der Waals surface area contributed by atoms with Crippen molar-refractivity contribution in [2.75, 3.05) is 45.2 Å². The van der Waals surface area contributed by atoms with Gasteiger partial charge < -0.3 is 15.1 Å². The molecule has 1 amide bonds. The van der Waals surface area contributed by atoms with Gasteiger partial charge in [0.25, 0.3) is 0 Å². The summed E-state index contributed by atoms with van der Waals surface area (Å²) in [6.45, 7) is 3.16. The molecule has 1 aromatic heterocycles. The third-order valence-corrected chi connectivity index (χ3v) is 6.00. The van der Waals surface area contributed by atoms with Crippen molar-refractivity contribution in [3.05, 3.63) is 36.0 Å². The smallest absolute Gasteiger partial charge is 0.225 e. The molecular formula is C22H27N5O. The first-order chi connectivity index (χ1) is 13.6. The minimum absolute atomic E-state index is 0.0250. The number of benzene rings is 1. The maximum atomic E-state index is 12.9. The normalized spacial score (nSPS) is 21.9. The Morgan fingerprint density at radius 1 is 1.32 bits per heavy atom. The fourth-order valence-electron chi connectivity index (χ4n) is 4.36. The predicted molar refractivity (Wildman–Crippen MR) is 110 cm³/mol. The standard InChI is InChI=1S/C22H27N5O/c1-26(2)11-10-25-22(28)19-14-27(13-18(19)15-5-6-15)20-8-7-16(12-23)21-17(20)4-3-9-24-21/h3-4,7-9,15,18-19H,5-6,10-11,13-14H2,1-2H3,(H,25,28). The van der Waals surface area contributed by atoms with Crippen molar-refractivity contribution in [1.29, 1.82) is 5.26 Å². The molecule has 2 unspecified atom stereocenters. The quantitative estimate of drug-likeness (QED) is 0.836. The number of hydrogen-bond donors (Lipinski definition) is 1. The molecule has 2 aliphatic rings. The van der Waals surface area contributed by atoms with Gasteiger partial charge in [-0.15, -0.1) is 0 Å². The molecule has 28 heavy (non-hydrogen) atoms. The summed E-state index contributed by atoms with van der Waals surface area (Å²) < 4.78 is 0. The number of fused-ring (bicyclic) bond motifs is 1. The van der Waals surface area contributed by atoms with E-state index in [0.717, 1.165) is 36.2 Å². The van der Waals surface area contributed by atoms with Gasteiger partial charge in [0.15, 0.2) is 0 Å². The number of aromatic nitrogens is 1. The number of amides is 1. The first-order valence-electron chi connectivity index (χ1n) is 10.0. The number of hydrogen-bond acceptors (Lipinski definition) is 5. The Morgan fingerprint density at radius 3 is 2.86 bits per heavy atom. The molecule has 0 radical (unpaired) electrons. The number of nitrogens with one attached hydrogen (secondary N) is 1. The number of nitriles is 1. The zero-order chi connectivity index (χ0) is 19.7.